The van der Waals surface area contributed by atoms with Crippen LogP contribution in [0.1, 0.15) is 30.9 Å². The van der Waals surface area contributed by atoms with E-state index in [-0.39, 0.29) is 18.9 Å². The molecule has 0 aromatic heterocycles. The quantitative estimate of drug-likeness (QED) is 0.688. The van der Waals surface area contributed by atoms with Crippen LogP contribution in [0.25, 0.3) is 0 Å². The molecule has 0 unspecified atom stereocenters. The lowest BCUT2D eigenvalue weighted by Crippen LogP contribution is -2.32. The van der Waals surface area contributed by atoms with Crippen LogP contribution in [0.15, 0.2) is 42.5 Å². The van der Waals surface area contributed by atoms with Gasteiger partial charge in [0.1, 0.15) is 5.75 Å². The zero-order valence-electron chi connectivity index (χ0n) is 16.9. The number of carbonyl (C=O) groups excluding carboxylic acids is 1. The number of aryl methyl sites for hydroxylation is 2. The Morgan fingerprint density at radius 2 is 1.86 bits per heavy atom. The van der Waals surface area contributed by atoms with Crippen LogP contribution < -0.4 is 14.4 Å². The minimum Gasteiger partial charge on any atom is -0.492 e. The van der Waals surface area contributed by atoms with Crippen molar-refractivity contribution in [3.05, 3.63) is 53.6 Å². The van der Waals surface area contributed by atoms with Crippen molar-refractivity contribution in [2.75, 3.05) is 29.0 Å². The number of anilines is 2. The van der Waals surface area contributed by atoms with Gasteiger partial charge in [-0.05, 0) is 51.0 Å². The van der Waals surface area contributed by atoms with Crippen LogP contribution in [0, 0.1) is 13.8 Å². The van der Waals surface area contributed by atoms with E-state index in [1.807, 2.05) is 39.0 Å². The minimum atomic E-state index is -3.51. The Hall–Kier alpha value is -2.54. The summed E-state index contributed by atoms with van der Waals surface area (Å²) < 4.78 is 31.5. The molecule has 0 heterocycles. The van der Waals surface area contributed by atoms with Crippen molar-refractivity contribution in [3.8, 4) is 5.75 Å². The minimum absolute atomic E-state index is 0.140. The SMILES string of the molecule is CCOc1ccccc1N(CCCC(=O)Nc1ccc(C)cc1C)S(C)(=O)=O. The maximum absolute atomic E-state index is 12.3. The monoisotopic (exact) mass is 404 g/mol. The Balaban J connectivity index is 2.04. The number of para-hydroxylation sites is 2. The maximum atomic E-state index is 12.3. The molecule has 6 nitrogen and oxygen atoms in total. The fraction of sp³-hybridized carbons (Fsp3) is 0.381. The van der Waals surface area contributed by atoms with E-state index in [0.717, 1.165) is 23.1 Å². The highest BCUT2D eigenvalue weighted by molar-refractivity contribution is 7.92. The van der Waals surface area contributed by atoms with Crippen molar-refractivity contribution in [1.82, 2.24) is 0 Å². The number of rotatable bonds is 9. The van der Waals surface area contributed by atoms with E-state index in [9.17, 15) is 13.2 Å². The molecule has 2 rings (SSSR count). The van der Waals surface area contributed by atoms with Gasteiger partial charge in [0.25, 0.3) is 0 Å². The molecule has 2 aromatic carbocycles. The molecule has 0 saturated carbocycles. The van der Waals surface area contributed by atoms with E-state index < -0.39 is 10.0 Å². The van der Waals surface area contributed by atoms with Gasteiger partial charge in [0, 0.05) is 18.7 Å². The predicted molar refractivity (Wildman–Crippen MR) is 114 cm³/mol. The maximum Gasteiger partial charge on any atom is 0.232 e. The van der Waals surface area contributed by atoms with Gasteiger partial charge < -0.3 is 10.1 Å². The number of nitrogens with zero attached hydrogens (tertiary/aromatic N) is 1. The van der Waals surface area contributed by atoms with Gasteiger partial charge >= 0.3 is 0 Å². The summed E-state index contributed by atoms with van der Waals surface area (Å²) in [6.07, 6.45) is 1.77. The van der Waals surface area contributed by atoms with Crippen molar-refractivity contribution in [3.63, 3.8) is 0 Å². The molecule has 1 N–H and O–H groups in total. The van der Waals surface area contributed by atoms with Gasteiger partial charge in [-0.2, -0.15) is 0 Å². The average molecular weight is 405 g/mol. The second kappa shape index (κ2) is 9.59. The molecule has 1 amide bonds. The summed E-state index contributed by atoms with van der Waals surface area (Å²) in [5.41, 5.74) is 3.39. The molecular formula is C21H28N2O4S. The Morgan fingerprint density at radius 3 is 2.50 bits per heavy atom. The van der Waals surface area contributed by atoms with Crippen molar-refractivity contribution < 1.29 is 17.9 Å². The Kier molecular flexibility index (Phi) is 7.45. The molecule has 0 radical (unpaired) electrons. The molecule has 0 atom stereocenters. The highest BCUT2D eigenvalue weighted by Gasteiger charge is 2.21. The highest BCUT2D eigenvalue weighted by Crippen LogP contribution is 2.30. The lowest BCUT2D eigenvalue weighted by Gasteiger charge is -2.24. The molecule has 0 bridgehead atoms. The van der Waals surface area contributed by atoms with E-state index in [1.54, 1.807) is 24.3 Å². The first kappa shape index (κ1) is 21.8. The number of benzene rings is 2. The van der Waals surface area contributed by atoms with E-state index >= 15 is 0 Å². The van der Waals surface area contributed by atoms with E-state index in [4.69, 9.17) is 4.74 Å². The van der Waals surface area contributed by atoms with Gasteiger partial charge in [0.15, 0.2) is 0 Å². The summed E-state index contributed by atoms with van der Waals surface area (Å²) in [6, 6.07) is 12.8. The predicted octanol–water partition coefficient (Wildman–Crippen LogP) is 3.89. The number of ether oxygens (including phenoxy) is 1. The third-order valence-electron chi connectivity index (χ3n) is 4.26. The summed E-state index contributed by atoms with van der Waals surface area (Å²) in [5, 5.41) is 2.89. The van der Waals surface area contributed by atoms with Crippen LogP contribution in [-0.4, -0.2) is 33.7 Å². The van der Waals surface area contributed by atoms with E-state index in [1.165, 1.54) is 4.31 Å². The number of amides is 1. The molecule has 0 saturated heterocycles. The Morgan fingerprint density at radius 1 is 1.14 bits per heavy atom. The van der Waals surface area contributed by atoms with Gasteiger partial charge in [-0.1, -0.05) is 29.8 Å². The summed E-state index contributed by atoms with van der Waals surface area (Å²) in [6.45, 7) is 6.42. The Labute approximate surface area is 167 Å². The number of hydrogen-bond donors (Lipinski definition) is 1. The second-order valence-corrected chi connectivity index (χ2v) is 8.61. The summed E-state index contributed by atoms with van der Waals surface area (Å²) >= 11 is 0. The van der Waals surface area contributed by atoms with Crippen LogP contribution in [0.2, 0.25) is 0 Å². The standard InChI is InChI=1S/C21H28N2O4S/c1-5-27-20-10-7-6-9-19(20)23(28(4,25)26)14-8-11-21(24)22-18-13-12-16(2)15-17(18)3/h6-7,9-10,12-13,15H,5,8,11,14H2,1-4H3,(H,22,24). The first-order valence-electron chi connectivity index (χ1n) is 9.29. The third kappa shape index (κ3) is 5.99. The zero-order chi connectivity index (χ0) is 20.7. The fourth-order valence-corrected chi connectivity index (χ4v) is 3.92. The molecule has 0 aliphatic heterocycles. The highest BCUT2D eigenvalue weighted by atomic mass is 32.2. The number of nitrogens with one attached hydrogen (secondary N) is 1. The smallest absolute Gasteiger partial charge is 0.232 e. The van der Waals surface area contributed by atoms with Crippen LogP contribution >= 0.6 is 0 Å². The van der Waals surface area contributed by atoms with E-state index in [0.29, 0.717) is 24.5 Å². The summed E-state index contributed by atoms with van der Waals surface area (Å²) in [7, 11) is -3.51. The van der Waals surface area contributed by atoms with Crippen LogP contribution in [0.3, 0.4) is 0 Å². The molecule has 0 fully saturated rings. The van der Waals surface area contributed by atoms with Crippen molar-refractivity contribution in [1.29, 1.82) is 0 Å². The molecule has 0 aliphatic rings. The van der Waals surface area contributed by atoms with Gasteiger partial charge in [-0.25, -0.2) is 8.42 Å². The number of sulfonamides is 1. The average Bonchev–Trinajstić information content (AvgIpc) is 2.61. The lowest BCUT2D eigenvalue weighted by atomic mass is 10.1. The molecule has 0 aliphatic carbocycles. The molecule has 0 spiro atoms. The van der Waals surface area contributed by atoms with Crippen molar-refractivity contribution >= 4 is 27.3 Å². The van der Waals surface area contributed by atoms with Gasteiger partial charge in [0.05, 0.1) is 18.6 Å². The lowest BCUT2D eigenvalue weighted by molar-refractivity contribution is -0.116. The second-order valence-electron chi connectivity index (χ2n) is 6.71. The van der Waals surface area contributed by atoms with E-state index in [2.05, 4.69) is 5.32 Å². The number of carbonyl (C=O) groups is 1. The molecular weight excluding hydrogens is 376 g/mol. The molecule has 28 heavy (non-hydrogen) atoms. The molecule has 2 aromatic rings. The largest absolute Gasteiger partial charge is 0.492 e. The molecule has 152 valence electrons. The molecule has 7 heteroatoms. The third-order valence-corrected chi connectivity index (χ3v) is 5.44. The van der Waals surface area contributed by atoms with Gasteiger partial charge in [0.2, 0.25) is 15.9 Å². The zero-order valence-corrected chi connectivity index (χ0v) is 17.7. The van der Waals surface area contributed by atoms with Crippen molar-refractivity contribution in [2.45, 2.75) is 33.6 Å². The topological polar surface area (TPSA) is 75.7 Å². The normalized spacial score (nSPS) is 11.1. The number of hydrogen-bond acceptors (Lipinski definition) is 4. The summed E-state index contributed by atoms with van der Waals surface area (Å²) in [5.74, 6) is 0.369. The van der Waals surface area contributed by atoms with Crippen molar-refractivity contribution in [2.24, 2.45) is 0 Å². The summed E-state index contributed by atoms with van der Waals surface area (Å²) in [4.78, 5) is 12.3. The van der Waals surface area contributed by atoms with Crippen LogP contribution in [0.4, 0.5) is 11.4 Å². The first-order valence-corrected chi connectivity index (χ1v) is 11.1. The van der Waals surface area contributed by atoms with Gasteiger partial charge in [-0.3, -0.25) is 9.10 Å². The fourth-order valence-electron chi connectivity index (χ4n) is 2.96. The van der Waals surface area contributed by atoms with Crippen LogP contribution in [-0.2, 0) is 14.8 Å². The first-order chi connectivity index (χ1) is 13.2. The Bertz CT molecular complexity index is 926. The van der Waals surface area contributed by atoms with Gasteiger partial charge in [-0.15, -0.1) is 0 Å². The van der Waals surface area contributed by atoms with Crippen LogP contribution in [0.5, 0.6) is 5.75 Å².